The fraction of sp³-hybridized carbons (Fsp3) is 0.444. The molecule has 0 aliphatic heterocycles. The molecular weight excluding hydrogens is 336 g/mol. The summed E-state index contributed by atoms with van der Waals surface area (Å²) in [6.07, 6.45) is 2.03. The number of rotatable bonds is 10. The summed E-state index contributed by atoms with van der Waals surface area (Å²) in [5, 5.41) is 7.25. The Balaban J connectivity index is 2.59. The highest BCUT2D eigenvalue weighted by molar-refractivity contribution is 6.38. The molecule has 0 saturated heterocycles. The van der Waals surface area contributed by atoms with Crippen molar-refractivity contribution < 1.29 is 19.2 Å². The zero-order valence-corrected chi connectivity index (χ0v) is 15.1. The number of nitrogens with one attached hydrogen (secondary N) is 3. The number of carbonyl (C=O) groups excluding carboxylic acids is 4. The van der Waals surface area contributed by atoms with E-state index in [-0.39, 0.29) is 0 Å². The van der Waals surface area contributed by atoms with Gasteiger partial charge >= 0.3 is 0 Å². The lowest BCUT2D eigenvalue weighted by Gasteiger charge is -2.18. The van der Waals surface area contributed by atoms with Gasteiger partial charge in [-0.05, 0) is 12.0 Å². The van der Waals surface area contributed by atoms with Gasteiger partial charge in [-0.25, -0.2) is 0 Å². The Morgan fingerprint density at radius 1 is 1.12 bits per heavy atom. The number of benzene rings is 1. The average Bonchev–Trinajstić information content (AvgIpc) is 2.67. The molecule has 142 valence electrons. The van der Waals surface area contributed by atoms with Crippen molar-refractivity contribution >= 4 is 23.5 Å². The van der Waals surface area contributed by atoms with E-state index in [9.17, 15) is 19.2 Å². The first-order valence-electron chi connectivity index (χ1n) is 8.54. The number of Topliss-reactive ketones (excluding diaryl/α,β-unsaturated/α-hetero) is 1. The van der Waals surface area contributed by atoms with Gasteiger partial charge in [0.1, 0.15) is 6.04 Å². The van der Waals surface area contributed by atoms with Crippen LogP contribution in [0.1, 0.15) is 37.8 Å². The van der Waals surface area contributed by atoms with Crippen LogP contribution < -0.4 is 21.7 Å². The summed E-state index contributed by atoms with van der Waals surface area (Å²) in [6, 6.07) is 6.92. The molecule has 3 amide bonds. The van der Waals surface area contributed by atoms with Crippen molar-refractivity contribution in [2.24, 2.45) is 5.73 Å². The third-order valence-corrected chi connectivity index (χ3v) is 3.79. The molecule has 2 unspecified atom stereocenters. The fourth-order valence-electron chi connectivity index (χ4n) is 2.27. The summed E-state index contributed by atoms with van der Waals surface area (Å²) in [5.74, 6) is -2.64. The quantitative estimate of drug-likeness (QED) is 0.428. The van der Waals surface area contributed by atoms with E-state index in [1.165, 1.54) is 7.05 Å². The van der Waals surface area contributed by atoms with E-state index in [1.54, 1.807) is 30.3 Å². The van der Waals surface area contributed by atoms with E-state index in [4.69, 9.17) is 5.73 Å². The number of unbranched alkanes of at least 4 members (excludes halogenated alkanes) is 1. The monoisotopic (exact) mass is 362 g/mol. The maximum absolute atomic E-state index is 12.1. The first-order valence-corrected chi connectivity index (χ1v) is 8.54. The van der Waals surface area contributed by atoms with Crippen molar-refractivity contribution in [3.8, 4) is 0 Å². The van der Waals surface area contributed by atoms with Gasteiger partial charge in [0.05, 0.1) is 12.6 Å². The van der Waals surface area contributed by atoms with Gasteiger partial charge in [-0.1, -0.05) is 50.1 Å². The van der Waals surface area contributed by atoms with Crippen molar-refractivity contribution in [2.45, 2.75) is 38.3 Å². The minimum Gasteiger partial charge on any atom is -0.357 e. The van der Waals surface area contributed by atoms with E-state index >= 15 is 0 Å². The third-order valence-electron chi connectivity index (χ3n) is 3.79. The lowest BCUT2D eigenvalue weighted by molar-refractivity contribution is -0.139. The van der Waals surface area contributed by atoms with Crippen LogP contribution in [0.15, 0.2) is 30.3 Å². The molecule has 2 atom stereocenters. The topological polar surface area (TPSA) is 130 Å². The van der Waals surface area contributed by atoms with Crippen LogP contribution in [0.2, 0.25) is 0 Å². The Hall–Kier alpha value is -2.74. The zero-order chi connectivity index (χ0) is 19.5. The highest BCUT2D eigenvalue weighted by Crippen LogP contribution is 2.12. The van der Waals surface area contributed by atoms with Gasteiger partial charge in [0.15, 0.2) is 0 Å². The van der Waals surface area contributed by atoms with E-state index in [1.807, 2.05) is 6.92 Å². The van der Waals surface area contributed by atoms with Gasteiger partial charge in [-0.3, -0.25) is 19.2 Å². The normalized spacial score (nSPS) is 12.6. The maximum atomic E-state index is 12.1. The second-order valence-corrected chi connectivity index (χ2v) is 5.82. The van der Waals surface area contributed by atoms with Gasteiger partial charge in [0.25, 0.3) is 5.91 Å². The van der Waals surface area contributed by atoms with E-state index < -0.39 is 42.1 Å². The number of nitrogens with two attached hydrogens (primary N) is 1. The van der Waals surface area contributed by atoms with Gasteiger partial charge in [-0.2, -0.15) is 0 Å². The number of ketones is 1. The van der Waals surface area contributed by atoms with Crippen molar-refractivity contribution in [2.75, 3.05) is 13.6 Å². The van der Waals surface area contributed by atoms with Crippen molar-refractivity contribution in [1.82, 2.24) is 16.0 Å². The number of likely N-dealkylation sites (N-methyl/N-ethyl adjacent to an activating group) is 1. The van der Waals surface area contributed by atoms with Crippen molar-refractivity contribution in [1.29, 1.82) is 0 Å². The average molecular weight is 362 g/mol. The van der Waals surface area contributed by atoms with Gasteiger partial charge in [-0.15, -0.1) is 0 Å². The molecule has 0 fully saturated rings. The molecule has 0 aromatic heterocycles. The van der Waals surface area contributed by atoms with Crippen LogP contribution in [0.5, 0.6) is 0 Å². The predicted octanol–water partition coefficient (Wildman–Crippen LogP) is -0.207. The minimum atomic E-state index is -0.903. The van der Waals surface area contributed by atoms with Crippen LogP contribution in [0.4, 0.5) is 0 Å². The number of amides is 3. The molecule has 0 heterocycles. The van der Waals surface area contributed by atoms with Crippen LogP contribution in [-0.2, 0) is 19.2 Å². The van der Waals surface area contributed by atoms with E-state index in [2.05, 4.69) is 16.0 Å². The fourth-order valence-corrected chi connectivity index (χ4v) is 2.27. The molecular formula is C18H26N4O4. The second kappa shape index (κ2) is 11.0. The minimum absolute atomic E-state index is 0.395. The largest absolute Gasteiger partial charge is 0.357 e. The van der Waals surface area contributed by atoms with Gasteiger partial charge in [0, 0.05) is 7.05 Å². The standard InChI is InChI=1S/C18H26N4O4/c1-3-4-10-13(19)16(24)18(26)21-11-14(23)22-15(17(25)20-2)12-8-6-5-7-9-12/h5-9,13,15H,3-4,10-11,19H2,1-2H3,(H,20,25)(H,21,26)(H,22,23). The SMILES string of the molecule is CCCCC(N)C(=O)C(=O)NCC(=O)NC(C(=O)NC)c1ccccc1. The highest BCUT2D eigenvalue weighted by atomic mass is 16.2. The molecule has 0 bridgehead atoms. The molecule has 0 saturated carbocycles. The van der Waals surface area contributed by atoms with Gasteiger partial charge in [0.2, 0.25) is 17.6 Å². The number of carbonyl (C=O) groups is 4. The van der Waals surface area contributed by atoms with Crippen LogP contribution in [0.25, 0.3) is 0 Å². The van der Waals surface area contributed by atoms with E-state index in [0.717, 1.165) is 12.8 Å². The lowest BCUT2D eigenvalue weighted by atomic mass is 10.1. The van der Waals surface area contributed by atoms with Gasteiger partial charge < -0.3 is 21.7 Å². The molecule has 0 spiro atoms. The molecule has 5 N–H and O–H groups in total. The Bertz CT molecular complexity index is 633. The smallest absolute Gasteiger partial charge is 0.289 e. The Labute approximate surface area is 152 Å². The molecule has 0 aliphatic carbocycles. The summed E-state index contributed by atoms with van der Waals surface area (Å²) >= 11 is 0. The first-order chi connectivity index (χ1) is 12.4. The molecule has 1 aromatic carbocycles. The molecule has 8 heteroatoms. The zero-order valence-electron chi connectivity index (χ0n) is 15.1. The molecule has 26 heavy (non-hydrogen) atoms. The predicted molar refractivity (Wildman–Crippen MR) is 96.9 cm³/mol. The first kappa shape index (κ1) is 21.3. The summed E-state index contributed by atoms with van der Waals surface area (Å²) in [7, 11) is 1.46. The Kier molecular flexibility index (Phi) is 9.00. The second-order valence-electron chi connectivity index (χ2n) is 5.82. The summed E-state index contributed by atoms with van der Waals surface area (Å²) in [6.45, 7) is 1.53. The Morgan fingerprint density at radius 3 is 2.35 bits per heavy atom. The summed E-state index contributed by atoms with van der Waals surface area (Å²) in [5.41, 5.74) is 6.26. The molecule has 1 aromatic rings. The molecule has 1 rings (SSSR count). The van der Waals surface area contributed by atoms with Crippen molar-refractivity contribution in [3.05, 3.63) is 35.9 Å². The number of hydrogen-bond donors (Lipinski definition) is 4. The van der Waals surface area contributed by atoms with Crippen LogP contribution in [0, 0.1) is 0 Å². The molecule has 8 nitrogen and oxygen atoms in total. The van der Waals surface area contributed by atoms with Crippen LogP contribution in [-0.4, -0.2) is 43.1 Å². The van der Waals surface area contributed by atoms with Crippen LogP contribution in [0.3, 0.4) is 0 Å². The van der Waals surface area contributed by atoms with Crippen LogP contribution >= 0.6 is 0 Å². The molecule has 0 radical (unpaired) electrons. The summed E-state index contributed by atoms with van der Waals surface area (Å²) < 4.78 is 0. The highest BCUT2D eigenvalue weighted by Gasteiger charge is 2.24. The van der Waals surface area contributed by atoms with E-state index in [0.29, 0.717) is 12.0 Å². The van der Waals surface area contributed by atoms with Crippen molar-refractivity contribution in [3.63, 3.8) is 0 Å². The number of hydrogen-bond acceptors (Lipinski definition) is 5. The Morgan fingerprint density at radius 2 is 1.77 bits per heavy atom. The maximum Gasteiger partial charge on any atom is 0.289 e. The molecule has 0 aliphatic rings. The third kappa shape index (κ3) is 6.64. The summed E-state index contributed by atoms with van der Waals surface area (Å²) in [4.78, 5) is 47.7. The lowest BCUT2D eigenvalue weighted by Crippen LogP contribution is -2.47.